The average Bonchev–Trinajstić information content (AvgIpc) is 3.10. The first-order valence-corrected chi connectivity index (χ1v) is 18.3. The Morgan fingerprint density at radius 1 is 0.964 bits per heavy atom. The van der Waals surface area contributed by atoms with Crippen molar-refractivity contribution in [1.29, 1.82) is 0 Å². The quantitative estimate of drug-likeness (QED) is 0.154. The van der Waals surface area contributed by atoms with E-state index in [4.69, 9.17) is 18.9 Å². The van der Waals surface area contributed by atoms with E-state index in [0.29, 0.717) is 12.0 Å². The van der Waals surface area contributed by atoms with Crippen LogP contribution in [0.25, 0.3) is 0 Å². The molecule has 14 heteroatoms. The third kappa shape index (κ3) is 7.58. The zero-order valence-corrected chi connectivity index (χ0v) is 37.0. The maximum absolute atomic E-state index is 14.6. The van der Waals surface area contributed by atoms with E-state index in [0.717, 1.165) is 0 Å². The molecule has 2 aromatic carbocycles. The second-order valence-corrected chi connectivity index (χ2v) is 16.9. The number of hydrogen-bond donors (Lipinski definition) is 5. The maximum atomic E-state index is 14.6. The molecule has 1 radical (unpaired) electrons. The fourth-order valence-electron chi connectivity index (χ4n) is 9.18. The molecular formula is C41H51AcNO12. The topological polar surface area (TPSA) is 198 Å². The average molecular weight is 977 g/mol. The van der Waals surface area contributed by atoms with Crippen molar-refractivity contribution >= 4 is 23.8 Å². The maximum Gasteiger partial charge on any atom is 0.408 e. The number of carbonyl (C=O) groups excluding carboxylic acids is 4. The van der Waals surface area contributed by atoms with E-state index >= 15 is 0 Å². The Hall–Kier alpha value is -2.70. The molecule has 1 aliphatic heterocycles. The van der Waals surface area contributed by atoms with Gasteiger partial charge in [0.15, 0.2) is 11.9 Å². The van der Waals surface area contributed by atoms with E-state index in [1.807, 2.05) is 0 Å². The number of nitrogens with one attached hydrogen (secondary N) is 1. The first-order chi connectivity index (χ1) is 25.2. The van der Waals surface area contributed by atoms with Crippen LogP contribution in [0.4, 0.5) is 4.79 Å². The van der Waals surface area contributed by atoms with Gasteiger partial charge < -0.3 is 44.7 Å². The number of hydrogen-bond acceptors (Lipinski definition) is 12. The van der Waals surface area contributed by atoms with Crippen molar-refractivity contribution in [2.45, 2.75) is 121 Å². The zero-order chi connectivity index (χ0) is 39.6. The summed E-state index contributed by atoms with van der Waals surface area (Å²) in [6, 6.07) is 15.0. The number of esters is 2. The van der Waals surface area contributed by atoms with Crippen LogP contribution in [0.2, 0.25) is 0 Å². The van der Waals surface area contributed by atoms with E-state index in [-0.39, 0.29) is 73.8 Å². The summed E-state index contributed by atoms with van der Waals surface area (Å²) in [5.41, 5.74) is -6.91. The normalized spacial score (nSPS) is 33.4. The van der Waals surface area contributed by atoms with Gasteiger partial charge in [0.05, 0.1) is 24.3 Å². The Labute approximate surface area is 356 Å². The van der Waals surface area contributed by atoms with Gasteiger partial charge in [-0.15, -0.1) is 0 Å². The summed E-state index contributed by atoms with van der Waals surface area (Å²) in [5, 5.41) is 51.6. The Kier molecular flexibility index (Phi) is 12.3. The number of amides is 1. The second kappa shape index (κ2) is 15.6. The summed E-state index contributed by atoms with van der Waals surface area (Å²) in [4.78, 5) is 55.4. The van der Waals surface area contributed by atoms with Gasteiger partial charge in [-0.2, -0.15) is 0 Å². The van der Waals surface area contributed by atoms with E-state index in [9.17, 15) is 39.6 Å². The Bertz CT molecular complexity index is 1830. The van der Waals surface area contributed by atoms with Gasteiger partial charge in [0.2, 0.25) is 0 Å². The number of alkyl carbamates (subject to hydrolysis) is 1. The number of aliphatic hydroxyl groups excluding tert-OH is 2. The van der Waals surface area contributed by atoms with Gasteiger partial charge in [-0.1, -0.05) is 69.3 Å². The number of aliphatic hydroxyl groups is 4. The first-order valence-electron chi connectivity index (χ1n) is 18.3. The molecule has 6 rings (SSSR count). The van der Waals surface area contributed by atoms with Gasteiger partial charge in [-0.25, -0.2) is 14.4 Å². The van der Waals surface area contributed by atoms with Crippen LogP contribution >= 0.6 is 0 Å². The van der Waals surface area contributed by atoms with Crippen molar-refractivity contribution < 1.29 is 103 Å². The van der Waals surface area contributed by atoms with Crippen LogP contribution in [0.15, 0.2) is 71.8 Å². The molecule has 1 saturated heterocycles. The molecule has 3 aliphatic carbocycles. The molecule has 55 heavy (non-hydrogen) atoms. The van der Waals surface area contributed by atoms with Crippen molar-refractivity contribution in [3.05, 3.63) is 82.9 Å². The molecule has 0 spiro atoms. The van der Waals surface area contributed by atoms with Crippen LogP contribution in [0.3, 0.4) is 0 Å². The summed E-state index contributed by atoms with van der Waals surface area (Å²) in [6.45, 7) is 11.2. The molecule has 2 saturated carbocycles. The molecular weight excluding hydrogens is 925 g/mol. The number of rotatable bonds is 7. The molecule has 10 atom stereocenters. The summed E-state index contributed by atoms with van der Waals surface area (Å²) in [7, 11) is 0. The molecule has 0 aromatic heterocycles. The van der Waals surface area contributed by atoms with Gasteiger partial charge in [-0.05, 0) is 69.4 Å². The predicted molar refractivity (Wildman–Crippen MR) is 193 cm³/mol. The van der Waals surface area contributed by atoms with E-state index in [1.54, 1.807) is 97.0 Å². The Morgan fingerprint density at radius 2 is 1.56 bits per heavy atom. The fraction of sp³-hybridized carbons (Fsp3) is 0.561. The SMILES string of the molecule is CC1=C2C(O)C(=O)[C@]3(C)CCC4OCC4(O)C3[C@H](OC(=O)c3ccccc3)C(O)(CC1OC(=O)C(O)C(NC(=O)OC(C)(C)C)c1ccccc1)C2(C)C.[Ac]. The van der Waals surface area contributed by atoms with E-state index < -0.39 is 100 Å². The second-order valence-electron chi connectivity index (χ2n) is 16.9. The van der Waals surface area contributed by atoms with Crippen LogP contribution in [0, 0.1) is 60.8 Å². The van der Waals surface area contributed by atoms with Gasteiger partial charge in [0, 0.05) is 67.2 Å². The summed E-state index contributed by atoms with van der Waals surface area (Å²) in [5.74, 6) is -3.90. The van der Waals surface area contributed by atoms with Gasteiger partial charge in [0.25, 0.3) is 0 Å². The van der Waals surface area contributed by atoms with Crippen LogP contribution in [-0.4, -0.2) is 98.2 Å². The molecule has 1 amide bonds. The molecule has 2 aromatic rings. The van der Waals surface area contributed by atoms with Crippen molar-refractivity contribution in [3.63, 3.8) is 0 Å². The van der Waals surface area contributed by atoms with E-state index in [1.165, 1.54) is 12.1 Å². The molecule has 8 unspecified atom stereocenters. The zero-order valence-electron chi connectivity index (χ0n) is 32.3. The molecule has 295 valence electrons. The molecule has 3 fully saturated rings. The smallest absolute Gasteiger partial charge is 0.408 e. The first kappa shape index (κ1) is 43.4. The van der Waals surface area contributed by atoms with Crippen LogP contribution in [-0.2, 0) is 28.5 Å². The number of carbonyl (C=O) groups is 4. The minimum atomic E-state index is -2.18. The number of ketones is 1. The number of Topliss-reactive ketones (excluding diaryl/α,β-unsaturated/α-hetero) is 1. The van der Waals surface area contributed by atoms with Gasteiger partial charge in [-0.3, -0.25) is 4.79 Å². The van der Waals surface area contributed by atoms with Crippen molar-refractivity contribution in [3.8, 4) is 0 Å². The molecule has 2 bridgehead atoms. The van der Waals surface area contributed by atoms with Gasteiger partial charge >= 0.3 is 18.0 Å². The monoisotopic (exact) mass is 976 g/mol. The Balaban J connectivity index is 0.00000580. The van der Waals surface area contributed by atoms with Crippen molar-refractivity contribution in [2.24, 2.45) is 16.7 Å². The molecule has 5 N–H and O–H groups in total. The van der Waals surface area contributed by atoms with E-state index in [2.05, 4.69) is 5.32 Å². The standard InChI is InChI=1S/C41H51NO12.Ac/c1-22-25(52-35(47)30(44)28(23-14-10-8-11-15-23)42-36(48)54-37(2,3)4)20-41(50)33(53-34(46)24-16-12-9-13-17-24)31-39(7,19-18-26-40(31,49)21-51-26)32(45)29(43)27(22)38(41,5)6;/h8-17,25-26,28-31,33,43-44,49-50H,18-21H2,1-7H3,(H,42,48);/t25?,26?,28?,29?,30?,31?,33-,39+,40?,41?;/m0./s1. The third-order valence-electron chi connectivity index (χ3n) is 12.1. The summed E-state index contributed by atoms with van der Waals surface area (Å²) >= 11 is 0. The minimum Gasteiger partial charge on any atom is -0.456 e. The summed E-state index contributed by atoms with van der Waals surface area (Å²) < 4.78 is 23.4. The summed E-state index contributed by atoms with van der Waals surface area (Å²) in [6.07, 6.45) is -8.31. The number of fused-ring (bicyclic) bond motifs is 5. The van der Waals surface area contributed by atoms with Crippen molar-refractivity contribution in [2.75, 3.05) is 6.61 Å². The van der Waals surface area contributed by atoms with Crippen LogP contribution < -0.4 is 5.32 Å². The molecule has 1 heterocycles. The Morgan fingerprint density at radius 3 is 2.13 bits per heavy atom. The minimum absolute atomic E-state index is 0. The van der Waals surface area contributed by atoms with Gasteiger partial charge in [0.1, 0.15) is 35.1 Å². The largest absolute Gasteiger partial charge is 0.456 e. The predicted octanol–water partition coefficient (Wildman–Crippen LogP) is 3.72. The number of benzene rings is 2. The number of ether oxygens (including phenoxy) is 4. The van der Waals surface area contributed by atoms with Crippen LogP contribution in [0.1, 0.15) is 89.7 Å². The van der Waals surface area contributed by atoms with Crippen LogP contribution in [0.5, 0.6) is 0 Å². The third-order valence-corrected chi connectivity index (χ3v) is 12.1. The molecule has 4 aliphatic rings. The fourth-order valence-corrected chi connectivity index (χ4v) is 9.18. The molecule has 13 nitrogen and oxygen atoms in total. The van der Waals surface area contributed by atoms with Crippen molar-refractivity contribution in [1.82, 2.24) is 5.32 Å².